The first-order chi connectivity index (χ1) is 13.8. The minimum atomic E-state index is -1.19. The summed E-state index contributed by atoms with van der Waals surface area (Å²) in [7, 11) is 3.16. The zero-order valence-electron chi connectivity index (χ0n) is 16.9. The van der Waals surface area contributed by atoms with E-state index in [9.17, 15) is 14.4 Å². The van der Waals surface area contributed by atoms with E-state index in [1.165, 1.54) is 9.58 Å². The Hall–Kier alpha value is -3.36. The summed E-state index contributed by atoms with van der Waals surface area (Å²) in [6.07, 6.45) is 0. The lowest BCUT2D eigenvalue weighted by Crippen LogP contribution is -2.63. The number of hydrogen-bond donors (Lipinski definition) is 1. The van der Waals surface area contributed by atoms with Crippen molar-refractivity contribution in [3.63, 3.8) is 0 Å². The largest absolute Gasteiger partial charge is 0.497 e. The van der Waals surface area contributed by atoms with Crippen molar-refractivity contribution in [1.82, 2.24) is 20.0 Å². The third-order valence-corrected chi connectivity index (χ3v) is 5.08. The summed E-state index contributed by atoms with van der Waals surface area (Å²) in [5, 5.41) is 7.07. The van der Waals surface area contributed by atoms with Crippen molar-refractivity contribution in [2.45, 2.75) is 25.9 Å². The third kappa shape index (κ3) is 3.80. The first-order valence-electron chi connectivity index (χ1n) is 9.24. The van der Waals surface area contributed by atoms with Crippen molar-refractivity contribution >= 4 is 17.8 Å². The highest BCUT2D eigenvalue weighted by atomic mass is 16.5. The van der Waals surface area contributed by atoms with Crippen molar-refractivity contribution in [3.8, 4) is 17.0 Å². The van der Waals surface area contributed by atoms with Crippen LogP contribution in [0, 0.1) is 0 Å². The first-order valence-corrected chi connectivity index (χ1v) is 9.24. The number of benzene rings is 1. The van der Waals surface area contributed by atoms with E-state index in [2.05, 4.69) is 10.4 Å². The van der Waals surface area contributed by atoms with E-state index in [0.29, 0.717) is 11.4 Å². The zero-order valence-corrected chi connectivity index (χ0v) is 16.9. The molecule has 0 saturated heterocycles. The Bertz CT molecular complexity index is 937. The predicted molar refractivity (Wildman–Crippen MR) is 104 cm³/mol. The highest BCUT2D eigenvalue weighted by Crippen LogP contribution is 2.29. The van der Waals surface area contributed by atoms with Crippen LogP contribution in [0.4, 0.5) is 0 Å². The standard InChI is InChI=1S/C20H24N4O5/c1-5-29-17(25)11-21-19(27)20(2)12-24-16(18(26)23(20)3)10-15(22-24)13-6-8-14(28-4)9-7-13/h6-10H,5,11-12H2,1-4H3,(H,21,27)/t20-/m1/s1. The van der Waals surface area contributed by atoms with Crippen molar-refractivity contribution in [2.75, 3.05) is 27.3 Å². The number of fused-ring (bicyclic) bond motifs is 1. The number of nitrogens with one attached hydrogen (secondary N) is 1. The van der Waals surface area contributed by atoms with Gasteiger partial charge in [-0.05, 0) is 44.2 Å². The fraction of sp³-hybridized carbons (Fsp3) is 0.400. The van der Waals surface area contributed by atoms with Gasteiger partial charge in [0.1, 0.15) is 23.5 Å². The number of likely N-dealkylation sites (N-methyl/N-ethyl adjacent to an activating group) is 1. The summed E-state index contributed by atoms with van der Waals surface area (Å²) in [5.74, 6) is -0.582. The monoisotopic (exact) mass is 400 g/mol. The van der Waals surface area contributed by atoms with Gasteiger partial charge in [0.25, 0.3) is 5.91 Å². The lowest BCUT2D eigenvalue weighted by molar-refractivity contribution is -0.144. The molecule has 9 heteroatoms. The van der Waals surface area contributed by atoms with E-state index in [1.807, 2.05) is 24.3 Å². The molecule has 2 heterocycles. The number of ether oxygens (including phenoxy) is 2. The number of carbonyl (C=O) groups is 3. The fourth-order valence-corrected chi connectivity index (χ4v) is 3.18. The molecule has 1 atom stereocenters. The van der Waals surface area contributed by atoms with E-state index in [1.54, 1.807) is 34.1 Å². The van der Waals surface area contributed by atoms with Gasteiger partial charge in [-0.2, -0.15) is 5.10 Å². The first kappa shape index (κ1) is 20.4. The van der Waals surface area contributed by atoms with Crippen LogP contribution in [0.5, 0.6) is 5.75 Å². The summed E-state index contributed by atoms with van der Waals surface area (Å²) in [5.41, 5.74) is 0.658. The van der Waals surface area contributed by atoms with E-state index in [-0.39, 0.29) is 25.6 Å². The summed E-state index contributed by atoms with van der Waals surface area (Å²) >= 11 is 0. The molecule has 1 aromatic carbocycles. The van der Waals surface area contributed by atoms with Crippen LogP contribution < -0.4 is 10.1 Å². The number of methoxy groups -OCH3 is 1. The van der Waals surface area contributed by atoms with Crippen LogP contribution >= 0.6 is 0 Å². The Labute approximate surface area is 168 Å². The molecule has 0 aliphatic carbocycles. The number of rotatable bonds is 6. The van der Waals surface area contributed by atoms with E-state index < -0.39 is 17.4 Å². The molecule has 1 aliphatic rings. The van der Waals surface area contributed by atoms with Crippen molar-refractivity contribution in [3.05, 3.63) is 36.0 Å². The minimum Gasteiger partial charge on any atom is -0.497 e. The lowest BCUT2D eigenvalue weighted by atomic mass is 9.96. The molecule has 3 rings (SSSR count). The molecule has 1 aliphatic heterocycles. The van der Waals surface area contributed by atoms with E-state index >= 15 is 0 Å². The van der Waals surface area contributed by atoms with Gasteiger partial charge in [0.05, 0.1) is 26.0 Å². The maximum Gasteiger partial charge on any atom is 0.325 e. The van der Waals surface area contributed by atoms with Crippen LogP contribution in [-0.2, 0) is 20.9 Å². The van der Waals surface area contributed by atoms with Gasteiger partial charge in [-0.25, -0.2) is 0 Å². The maximum atomic E-state index is 12.9. The van der Waals surface area contributed by atoms with Crippen molar-refractivity contribution < 1.29 is 23.9 Å². The number of amides is 2. The summed E-state index contributed by atoms with van der Waals surface area (Å²) < 4.78 is 11.5. The van der Waals surface area contributed by atoms with Crippen LogP contribution in [0.1, 0.15) is 24.3 Å². The molecule has 0 bridgehead atoms. The Balaban J connectivity index is 1.84. The number of nitrogens with zero attached hydrogens (tertiary/aromatic N) is 3. The van der Waals surface area contributed by atoms with Gasteiger partial charge in [0.15, 0.2) is 0 Å². The number of carbonyl (C=O) groups excluding carboxylic acids is 3. The Morgan fingerprint density at radius 2 is 1.97 bits per heavy atom. The molecular weight excluding hydrogens is 376 g/mol. The van der Waals surface area contributed by atoms with Crippen molar-refractivity contribution in [1.29, 1.82) is 0 Å². The normalized spacial score (nSPS) is 18.2. The number of esters is 1. The van der Waals surface area contributed by atoms with Gasteiger partial charge in [-0.15, -0.1) is 0 Å². The fourth-order valence-electron chi connectivity index (χ4n) is 3.18. The Morgan fingerprint density at radius 1 is 1.28 bits per heavy atom. The lowest BCUT2D eigenvalue weighted by Gasteiger charge is -2.40. The zero-order chi connectivity index (χ0) is 21.2. The smallest absolute Gasteiger partial charge is 0.325 e. The molecule has 0 radical (unpaired) electrons. The number of aromatic nitrogens is 2. The molecular formula is C20H24N4O5. The molecule has 9 nitrogen and oxygen atoms in total. The molecule has 1 aromatic heterocycles. The second-order valence-electron chi connectivity index (χ2n) is 6.93. The highest BCUT2D eigenvalue weighted by molar-refractivity contribution is 6.00. The number of hydrogen-bond acceptors (Lipinski definition) is 6. The van der Waals surface area contributed by atoms with Crippen LogP contribution in [0.15, 0.2) is 30.3 Å². The summed E-state index contributed by atoms with van der Waals surface area (Å²) in [6.45, 7) is 3.47. The molecule has 0 fully saturated rings. The molecule has 0 saturated carbocycles. The van der Waals surface area contributed by atoms with Gasteiger partial charge in [-0.3, -0.25) is 19.1 Å². The average Bonchev–Trinajstić information content (AvgIpc) is 3.14. The second-order valence-corrected chi connectivity index (χ2v) is 6.93. The molecule has 2 aromatic rings. The minimum absolute atomic E-state index is 0.162. The SMILES string of the molecule is CCOC(=O)CNC(=O)[C@@]1(C)Cn2nc(-c3ccc(OC)cc3)cc2C(=O)N1C. The van der Waals surface area contributed by atoms with E-state index in [4.69, 9.17) is 9.47 Å². The molecule has 1 N–H and O–H groups in total. The highest BCUT2D eigenvalue weighted by Gasteiger charge is 2.46. The average molecular weight is 400 g/mol. The maximum absolute atomic E-state index is 12.9. The molecule has 0 spiro atoms. The van der Waals surface area contributed by atoms with E-state index in [0.717, 1.165) is 11.3 Å². The Kier molecular flexibility index (Phi) is 5.58. The molecule has 0 unspecified atom stereocenters. The van der Waals surface area contributed by atoms with Gasteiger partial charge >= 0.3 is 5.97 Å². The summed E-state index contributed by atoms with van der Waals surface area (Å²) in [4.78, 5) is 38.6. The van der Waals surface area contributed by atoms with Crippen LogP contribution in [-0.4, -0.2) is 65.3 Å². The molecule has 154 valence electrons. The van der Waals surface area contributed by atoms with Crippen molar-refractivity contribution in [2.24, 2.45) is 0 Å². The summed E-state index contributed by atoms with van der Waals surface area (Å²) in [6, 6.07) is 9.04. The third-order valence-electron chi connectivity index (χ3n) is 5.08. The van der Waals surface area contributed by atoms with Crippen LogP contribution in [0.3, 0.4) is 0 Å². The quantitative estimate of drug-likeness (QED) is 0.728. The molecule has 29 heavy (non-hydrogen) atoms. The topological polar surface area (TPSA) is 103 Å². The Morgan fingerprint density at radius 3 is 2.59 bits per heavy atom. The molecule has 2 amide bonds. The van der Waals surface area contributed by atoms with Crippen LogP contribution in [0.2, 0.25) is 0 Å². The predicted octanol–water partition coefficient (Wildman–Crippen LogP) is 1.08. The van der Waals surface area contributed by atoms with Gasteiger partial charge in [0.2, 0.25) is 5.91 Å². The van der Waals surface area contributed by atoms with Gasteiger partial charge < -0.3 is 19.7 Å². The van der Waals surface area contributed by atoms with Gasteiger partial charge in [0, 0.05) is 12.6 Å². The second kappa shape index (κ2) is 7.94. The van der Waals surface area contributed by atoms with Gasteiger partial charge in [-0.1, -0.05) is 0 Å². The van der Waals surface area contributed by atoms with Crippen LogP contribution in [0.25, 0.3) is 11.3 Å².